The highest BCUT2D eigenvalue weighted by Gasteiger charge is 2.15. The molecular weight excluding hydrogens is 370 g/mol. The molecule has 3 aromatic carbocycles. The summed E-state index contributed by atoms with van der Waals surface area (Å²) in [5.41, 5.74) is 5.02. The summed E-state index contributed by atoms with van der Waals surface area (Å²) in [5.74, 6) is 6.79. The van der Waals surface area contributed by atoms with Gasteiger partial charge in [-0.2, -0.15) is 0 Å². The van der Waals surface area contributed by atoms with Gasteiger partial charge in [-0.25, -0.2) is 5.84 Å². The standard InChI is InChI=1S/C23H22ClN3O/c24-11-13-26-22-9-5-4-8-20(22)21-15-17(16-28)14-18(23(21)26)10-12-27(25)19-6-2-1-3-7-19/h1-9,14-16H,10-13,25H2. The zero-order valence-electron chi connectivity index (χ0n) is 15.5. The first kappa shape index (κ1) is 18.5. The molecule has 0 saturated heterocycles. The Morgan fingerprint density at radius 1 is 1.00 bits per heavy atom. The Balaban J connectivity index is 1.81. The lowest BCUT2D eigenvalue weighted by atomic mass is 10.0. The molecule has 0 unspecified atom stereocenters. The van der Waals surface area contributed by atoms with Crippen molar-refractivity contribution in [2.24, 2.45) is 5.84 Å². The number of fused-ring (bicyclic) bond motifs is 3. The molecule has 1 aromatic heterocycles. The van der Waals surface area contributed by atoms with Crippen LogP contribution in [0.4, 0.5) is 5.69 Å². The van der Waals surface area contributed by atoms with Crippen LogP contribution in [0.1, 0.15) is 15.9 Å². The maximum absolute atomic E-state index is 11.6. The summed E-state index contributed by atoms with van der Waals surface area (Å²) >= 11 is 6.11. The molecule has 28 heavy (non-hydrogen) atoms. The lowest BCUT2D eigenvalue weighted by Gasteiger charge is -2.19. The third-order valence-electron chi connectivity index (χ3n) is 5.12. The lowest BCUT2D eigenvalue weighted by molar-refractivity contribution is 0.112. The Morgan fingerprint density at radius 3 is 2.50 bits per heavy atom. The molecule has 0 saturated carbocycles. The van der Waals surface area contributed by atoms with E-state index in [2.05, 4.69) is 16.7 Å². The molecule has 4 nitrogen and oxygen atoms in total. The van der Waals surface area contributed by atoms with Crippen LogP contribution < -0.4 is 10.9 Å². The molecule has 4 aromatic rings. The number of para-hydroxylation sites is 2. The van der Waals surface area contributed by atoms with Crippen molar-refractivity contribution in [2.45, 2.75) is 13.0 Å². The Morgan fingerprint density at radius 2 is 1.75 bits per heavy atom. The number of hydrogen-bond donors (Lipinski definition) is 1. The normalized spacial score (nSPS) is 11.2. The van der Waals surface area contributed by atoms with Gasteiger partial charge in [0.25, 0.3) is 0 Å². The number of hydrogen-bond acceptors (Lipinski definition) is 3. The van der Waals surface area contributed by atoms with Gasteiger partial charge >= 0.3 is 0 Å². The molecule has 0 radical (unpaired) electrons. The van der Waals surface area contributed by atoms with Crippen LogP contribution in [-0.4, -0.2) is 23.3 Å². The predicted octanol–water partition coefficient (Wildman–Crippen LogP) is 4.77. The monoisotopic (exact) mass is 391 g/mol. The molecule has 0 aliphatic carbocycles. The van der Waals surface area contributed by atoms with E-state index in [1.165, 1.54) is 0 Å². The molecule has 0 fully saturated rings. The van der Waals surface area contributed by atoms with Crippen LogP contribution in [0.2, 0.25) is 0 Å². The third-order valence-corrected chi connectivity index (χ3v) is 5.29. The molecule has 5 heteroatoms. The van der Waals surface area contributed by atoms with Crippen molar-refractivity contribution < 1.29 is 4.79 Å². The molecule has 2 N–H and O–H groups in total. The number of nitrogens with two attached hydrogens (primary N) is 1. The number of aryl methyl sites for hydroxylation is 1. The Hall–Kier alpha value is -2.82. The van der Waals surface area contributed by atoms with Gasteiger partial charge in [0, 0.05) is 40.8 Å². The van der Waals surface area contributed by atoms with Crippen molar-refractivity contribution in [1.82, 2.24) is 4.57 Å². The second-order valence-electron chi connectivity index (χ2n) is 6.83. The predicted molar refractivity (Wildman–Crippen MR) is 117 cm³/mol. The van der Waals surface area contributed by atoms with Crippen molar-refractivity contribution in [1.29, 1.82) is 0 Å². The van der Waals surface area contributed by atoms with Crippen molar-refractivity contribution >= 4 is 45.4 Å². The summed E-state index contributed by atoms with van der Waals surface area (Å²) < 4.78 is 2.25. The van der Waals surface area contributed by atoms with Crippen LogP contribution in [0.15, 0.2) is 66.7 Å². The molecule has 0 spiro atoms. The molecule has 0 aliphatic rings. The third kappa shape index (κ3) is 3.37. The zero-order valence-corrected chi connectivity index (χ0v) is 16.3. The van der Waals surface area contributed by atoms with Gasteiger partial charge in [0.05, 0.1) is 11.2 Å². The highest BCUT2D eigenvalue weighted by Crippen LogP contribution is 2.32. The van der Waals surface area contributed by atoms with Gasteiger partial charge in [-0.3, -0.25) is 4.79 Å². The van der Waals surface area contributed by atoms with Gasteiger partial charge in [-0.1, -0.05) is 36.4 Å². The van der Waals surface area contributed by atoms with E-state index >= 15 is 0 Å². The summed E-state index contributed by atoms with van der Waals surface area (Å²) in [5, 5.41) is 3.97. The minimum Gasteiger partial charge on any atom is -0.339 e. The average Bonchev–Trinajstić information content (AvgIpc) is 3.06. The van der Waals surface area contributed by atoms with E-state index in [9.17, 15) is 4.79 Å². The quantitative estimate of drug-likeness (QED) is 0.214. The van der Waals surface area contributed by atoms with Crippen molar-refractivity contribution in [3.63, 3.8) is 0 Å². The number of aromatic nitrogens is 1. The fourth-order valence-electron chi connectivity index (χ4n) is 3.87. The van der Waals surface area contributed by atoms with Crippen LogP contribution in [-0.2, 0) is 13.0 Å². The average molecular weight is 392 g/mol. The number of halogens is 1. The molecule has 142 valence electrons. The largest absolute Gasteiger partial charge is 0.339 e. The van der Waals surface area contributed by atoms with Crippen LogP contribution >= 0.6 is 11.6 Å². The molecule has 4 rings (SSSR count). The van der Waals surface area contributed by atoms with Crippen LogP contribution in [0, 0.1) is 0 Å². The van der Waals surface area contributed by atoms with Gasteiger partial charge < -0.3 is 9.58 Å². The summed E-state index contributed by atoms with van der Waals surface area (Å²) in [7, 11) is 0. The van der Waals surface area contributed by atoms with E-state index < -0.39 is 0 Å². The maximum atomic E-state index is 11.6. The van der Waals surface area contributed by atoms with Gasteiger partial charge in [0.15, 0.2) is 0 Å². The van der Waals surface area contributed by atoms with Crippen molar-refractivity contribution in [2.75, 3.05) is 17.4 Å². The first-order chi connectivity index (χ1) is 13.7. The fourth-order valence-corrected chi connectivity index (χ4v) is 4.03. The Bertz CT molecular complexity index is 1120. The van der Waals surface area contributed by atoms with Gasteiger partial charge in [0.2, 0.25) is 0 Å². The summed E-state index contributed by atoms with van der Waals surface area (Å²) in [6.07, 6.45) is 1.64. The van der Waals surface area contributed by atoms with Crippen molar-refractivity contribution in [3.8, 4) is 0 Å². The number of carbonyl (C=O) groups is 1. The zero-order chi connectivity index (χ0) is 19.5. The van der Waals surface area contributed by atoms with Gasteiger partial charge in [-0.05, 0) is 42.3 Å². The minimum atomic E-state index is 0.523. The number of anilines is 1. The minimum absolute atomic E-state index is 0.523. The first-order valence-corrected chi connectivity index (χ1v) is 9.88. The number of carbonyl (C=O) groups excluding carboxylic acids is 1. The fraction of sp³-hybridized carbons (Fsp3) is 0.174. The lowest BCUT2D eigenvalue weighted by Crippen LogP contribution is -2.32. The van der Waals surface area contributed by atoms with Crippen LogP contribution in [0.25, 0.3) is 21.8 Å². The van der Waals surface area contributed by atoms with E-state index in [0.717, 1.165) is 45.8 Å². The number of benzene rings is 3. The number of nitrogens with zero attached hydrogens (tertiary/aromatic N) is 2. The molecule has 0 atom stereocenters. The Kier molecular flexibility index (Phi) is 5.33. The smallest absolute Gasteiger partial charge is 0.150 e. The second kappa shape index (κ2) is 8.05. The van der Waals surface area contributed by atoms with E-state index in [0.29, 0.717) is 24.5 Å². The highest BCUT2D eigenvalue weighted by atomic mass is 35.5. The number of alkyl halides is 1. The van der Waals surface area contributed by atoms with Crippen LogP contribution in [0.3, 0.4) is 0 Å². The summed E-state index contributed by atoms with van der Waals surface area (Å²) in [6.45, 7) is 1.36. The molecule has 1 heterocycles. The molecule has 0 aliphatic heterocycles. The van der Waals surface area contributed by atoms with Crippen molar-refractivity contribution in [3.05, 3.63) is 77.9 Å². The highest BCUT2D eigenvalue weighted by molar-refractivity contribution is 6.18. The van der Waals surface area contributed by atoms with E-state index in [1.54, 1.807) is 5.01 Å². The molecule has 0 amide bonds. The number of hydrazine groups is 1. The summed E-state index contributed by atoms with van der Waals surface area (Å²) in [4.78, 5) is 11.6. The summed E-state index contributed by atoms with van der Waals surface area (Å²) in [6, 6.07) is 22.1. The maximum Gasteiger partial charge on any atom is 0.150 e. The van der Waals surface area contributed by atoms with Gasteiger partial charge in [0.1, 0.15) is 6.29 Å². The van der Waals surface area contributed by atoms with Crippen LogP contribution in [0.5, 0.6) is 0 Å². The SMILES string of the molecule is NN(CCc1cc(C=O)cc2c3ccccc3n(CCCl)c12)c1ccccc1. The molecular formula is C23H22ClN3O. The second-order valence-corrected chi connectivity index (χ2v) is 7.21. The molecule has 0 bridgehead atoms. The first-order valence-electron chi connectivity index (χ1n) is 9.35. The topological polar surface area (TPSA) is 51.3 Å². The van der Waals surface area contributed by atoms with E-state index in [-0.39, 0.29) is 0 Å². The van der Waals surface area contributed by atoms with Gasteiger partial charge in [-0.15, -0.1) is 11.6 Å². The number of rotatable bonds is 7. The van der Waals surface area contributed by atoms with E-state index in [1.807, 2.05) is 54.6 Å². The number of aldehydes is 1. The van der Waals surface area contributed by atoms with E-state index in [4.69, 9.17) is 17.4 Å². The Labute approximate surface area is 169 Å².